The van der Waals surface area contributed by atoms with Gasteiger partial charge in [0.2, 0.25) is 5.91 Å². The van der Waals surface area contributed by atoms with Crippen LogP contribution in [0, 0.1) is 5.92 Å². The van der Waals surface area contributed by atoms with Crippen LogP contribution in [0.2, 0.25) is 5.02 Å². The van der Waals surface area contributed by atoms with E-state index < -0.39 is 5.97 Å². The Hall–Kier alpha value is -1.55. The summed E-state index contributed by atoms with van der Waals surface area (Å²) in [5.41, 5.74) is 0.568. The zero-order valence-electron chi connectivity index (χ0n) is 8.37. The highest BCUT2D eigenvalue weighted by Crippen LogP contribution is 2.30. The fourth-order valence-electron chi connectivity index (χ4n) is 1.36. The lowest BCUT2D eigenvalue weighted by molar-refractivity contribution is -0.117. The van der Waals surface area contributed by atoms with Crippen LogP contribution in [0.4, 0.5) is 5.69 Å². The number of carboxylic acids is 1. The van der Waals surface area contributed by atoms with Gasteiger partial charge in [-0.1, -0.05) is 11.6 Å². The van der Waals surface area contributed by atoms with E-state index in [2.05, 4.69) is 5.32 Å². The maximum atomic E-state index is 11.4. The number of benzene rings is 1. The van der Waals surface area contributed by atoms with Crippen molar-refractivity contribution in [3.05, 3.63) is 28.8 Å². The smallest absolute Gasteiger partial charge is 0.337 e. The first kappa shape index (κ1) is 11.0. The molecular weight excluding hydrogens is 230 g/mol. The third-order valence-corrected chi connectivity index (χ3v) is 2.73. The van der Waals surface area contributed by atoms with E-state index in [1.54, 1.807) is 0 Å². The van der Waals surface area contributed by atoms with Crippen molar-refractivity contribution in [2.24, 2.45) is 5.92 Å². The van der Waals surface area contributed by atoms with E-state index in [4.69, 9.17) is 16.7 Å². The Kier molecular flexibility index (Phi) is 2.83. The molecule has 1 amide bonds. The van der Waals surface area contributed by atoms with Crippen LogP contribution in [0.25, 0.3) is 0 Å². The molecule has 84 valence electrons. The first-order chi connectivity index (χ1) is 7.58. The largest absolute Gasteiger partial charge is 0.478 e. The number of carbonyl (C=O) groups is 2. The molecule has 1 aliphatic rings. The van der Waals surface area contributed by atoms with E-state index >= 15 is 0 Å². The highest BCUT2D eigenvalue weighted by Gasteiger charge is 2.29. The second kappa shape index (κ2) is 4.14. The molecule has 2 rings (SSSR count). The standard InChI is InChI=1S/C11H10ClNO3/c12-9-5-7(3-4-8(9)11(15)16)13-10(14)6-1-2-6/h3-6H,1-2H2,(H,13,14)(H,15,16). The molecule has 1 aliphatic carbocycles. The predicted octanol–water partition coefficient (Wildman–Crippen LogP) is 2.39. The molecule has 0 aliphatic heterocycles. The number of nitrogens with one attached hydrogen (secondary N) is 1. The molecule has 0 aromatic heterocycles. The maximum Gasteiger partial charge on any atom is 0.337 e. The number of halogens is 1. The van der Waals surface area contributed by atoms with Crippen LogP contribution >= 0.6 is 11.6 Å². The highest BCUT2D eigenvalue weighted by atomic mass is 35.5. The normalized spacial score (nSPS) is 14.6. The van der Waals surface area contributed by atoms with E-state index in [1.807, 2.05) is 0 Å². The van der Waals surface area contributed by atoms with Crippen molar-refractivity contribution in [2.75, 3.05) is 5.32 Å². The Balaban J connectivity index is 2.14. The van der Waals surface area contributed by atoms with Gasteiger partial charge in [-0.3, -0.25) is 4.79 Å². The third-order valence-electron chi connectivity index (χ3n) is 2.42. The molecule has 5 heteroatoms. The summed E-state index contributed by atoms with van der Waals surface area (Å²) in [6, 6.07) is 4.37. The summed E-state index contributed by atoms with van der Waals surface area (Å²) in [4.78, 5) is 22.1. The molecule has 1 aromatic carbocycles. The lowest BCUT2D eigenvalue weighted by Crippen LogP contribution is -2.13. The molecule has 0 atom stereocenters. The van der Waals surface area contributed by atoms with Crippen LogP contribution in [-0.4, -0.2) is 17.0 Å². The molecule has 1 saturated carbocycles. The molecule has 2 N–H and O–H groups in total. The van der Waals surface area contributed by atoms with Gasteiger partial charge in [0.25, 0.3) is 0 Å². The summed E-state index contributed by atoms with van der Waals surface area (Å²) in [5.74, 6) is -0.998. The van der Waals surface area contributed by atoms with Crippen LogP contribution < -0.4 is 5.32 Å². The van der Waals surface area contributed by atoms with Crippen molar-refractivity contribution in [1.82, 2.24) is 0 Å². The molecule has 0 spiro atoms. The molecule has 16 heavy (non-hydrogen) atoms. The van der Waals surface area contributed by atoms with Gasteiger partial charge in [-0.15, -0.1) is 0 Å². The number of anilines is 1. The average molecular weight is 240 g/mol. The second-order valence-corrected chi connectivity index (χ2v) is 4.17. The summed E-state index contributed by atoms with van der Waals surface area (Å²) in [6.07, 6.45) is 1.85. The summed E-state index contributed by atoms with van der Waals surface area (Å²) < 4.78 is 0. The predicted molar refractivity (Wildman–Crippen MR) is 59.8 cm³/mol. The molecular formula is C11H10ClNO3. The molecule has 0 radical (unpaired) electrons. The highest BCUT2D eigenvalue weighted by molar-refractivity contribution is 6.33. The van der Waals surface area contributed by atoms with Gasteiger partial charge in [0.05, 0.1) is 10.6 Å². The van der Waals surface area contributed by atoms with Crippen LogP contribution in [-0.2, 0) is 4.79 Å². The van der Waals surface area contributed by atoms with E-state index in [-0.39, 0.29) is 22.4 Å². The lowest BCUT2D eigenvalue weighted by Gasteiger charge is -2.05. The molecule has 0 heterocycles. The Morgan fingerprint density at radius 3 is 2.56 bits per heavy atom. The topological polar surface area (TPSA) is 66.4 Å². The fraction of sp³-hybridized carbons (Fsp3) is 0.273. The van der Waals surface area contributed by atoms with Crippen LogP contribution in [0.5, 0.6) is 0 Å². The Morgan fingerprint density at radius 2 is 2.06 bits per heavy atom. The number of hydrogen-bond donors (Lipinski definition) is 2. The Labute approximate surface area is 97.2 Å². The van der Waals surface area contributed by atoms with Gasteiger partial charge in [0.15, 0.2) is 0 Å². The summed E-state index contributed by atoms with van der Waals surface area (Å²) in [5, 5.41) is 11.6. The van der Waals surface area contributed by atoms with Crippen molar-refractivity contribution in [1.29, 1.82) is 0 Å². The van der Waals surface area contributed by atoms with Crippen LogP contribution in [0.15, 0.2) is 18.2 Å². The summed E-state index contributed by atoms with van der Waals surface area (Å²) >= 11 is 5.77. The van der Waals surface area contributed by atoms with Gasteiger partial charge in [0, 0.05) is 11.6 Å². The Bertz CT molecular complexity index is 455. The minimum absolute atomic E-state index is 0.0286. The van der Waals surface area contributed by atoms with Gasteiger partial charge in [-0.2, -0.15) is 0 Å². The van der Waals surface area contributed by atoms with E-state index in [0.29, 0.717) is 5.69 Å². The van der Waals surface area contributed by atoms with Crippen molar-refractivity contribution in [2.45, 2.75) is 12.8 Å². The molecule has 4 nitrogen and oxygen atoms in total. The number of carboxylic acid groups (broad SMARTS) is 1. The van der Waals surface area contributed by atoms with Crippen molar-refractivity contribution in [3.8, 4) is 0 Å². The van der Waals surface area contributed by atoms with E-state index in [9.17, 15) is 9.59 Å². The van der Waals surface area contributed by atoms with Crippen molar-refractivity contribution in [3.63, 3.8) is 0 Å². The van der Waals surface area contributed by atoms with Crippen LogP contribution in [0.3, 0.4) is 0 Å². The first-order valence-electron chi connectivity index (χ1n) is 4.91. The van der Waals surface area contributed by atoms with Gasteiger partial charge in [-0.25, -0.2) is 4.79 Å². The van der Waals surface area contributed by atoms with Crippen molar-refractivity contribution < 1.29 is 14.7 Å². The quantitative estimate of drug-likeness (QED) is 0.851. The maximum absolute atomic E-state index is 11.4. The molecule has 0 bridgehead atoms. The minimum atomic E-state index is -1.08. The zero-order chi connectivity index (χ0) is 11.7. The van der Waals surface area contributed by atoms with E-state index in [0.717, 1.165) is 12.8 Å². The van der Waals surface area contributed by atoms with Gasteiger partial charge in [0.1, 0.15) is 0 Å². The molecule has 0 unspecified atom stereocenters. The number of rotatable bonds is 3. The van der Waals surface area contributed by atoms with Crippen LogP contribution in [0.1, 0.15) is 23.2 Å². The molecule has 1 aromatic rings. The summed E-state index contributed by atoms with van der Waals surface area (Å²) in [7, 11) is 0. The third kappa shape index (κ3) is 2.33. The number of amides is 1. The Morgan fingerprint density at radius 1 is 1.38 bits per heavy atom. The number of aromatic carboxylic acids is 1. The number of carbonyl (C=O) groups excluding carboxylic acids is 1. The average Bonchev–Trinajstić information content (AvgIpc) is 2.99. The van der Waals surface area contributed by atoms with Gasteiger partial charge in [-0.05, 0) is 31.0 Å². The van der Waals surface area contributed by atoms with E-state index in [1.165, 1.54) is 18.2 Å². The van der Waals surface area contributed by atoms with Crippen molar-refractivity contribution >= 4 is 29.2 Å². The number of hydrogen-bond acceptors (Lipinski definition) is 2. The first-order valence-corrected chi connectivity index (χ1v) is 5.29. The monoisotopic (exact) mass is 239 g/mol. The second-order valence-electron chi connectivity index (χ2n) is 3.76. The SMILES string of the molecule is O=C(O)c1ccc(NC(=O)C2CC2)cc1Cl. The lowest BCUT2D eigenvalue weighted by atomic mass is 10.2. The minimum Gasteiger partial charge on any atom is -0.478 e. The summed E-state index contributed by atoms with van der Waals surface area (Å²) in [6.45, 7) is 0. The molecule has 0 saturated heterocycles. The fourth-order valence-corrected chi connectivity index (χ4v) is 1.62. The zero-order valence-corrected chi connectivity index (χ0v) is 9.12. The van der Waals surface area contributed by atoms with Gasteiger partial charge < -0.3 is 10.4 Å². The van der Waals surface area contributed by atoms with Gasteiger partial charge >= 0.3 is 5.97 Å². The molecule has 1 fully saturated rings.